The molecule has 12 rings (SSSR count). The SMILES string of the molecule is [2H]c1c([2H])c([2H])c(-c2c([2H])c([2H])c3oc4c(-n5c6c([2H])c([2H])c([2H])c([2H])c6c6c([2H])c(-c7c([2H])c([2H])c8c(c7[2H])c7c([2H])c([2H])c([2H])c([2H])c7n8-c7ccc(-c8ccccc8)cc7)c([2H])c([2H])c65)c([2H])c([2H])c([2H])c4c3c2[2H])c([2H])c1[2H]. The van der Waals surface area contributed by atoms with Crippen molar-refractivity contribution in [1.29, 1.82) is 0 Å². The molecule has 0 fully saturated rings. The zero-order valence-electron chi connectivity index (χ0n) is 54.0. The second kappa shape index (κ2) is 12.5. The highest BCUT2D eigenvalue weighted by Crippen LogP contribution is 2.41. The lowest BCUT2D eigenvalue weighted by atomic mass is 10.0. The number of para-hydroxylation sites is 3. The fourth-order valence-electron chi connectivity index (χ4n) is 7.26. The van der Waals surface area contributed by atoms with Crippen LogP contribution in [0.5, 0.6) is 0 Å². The van der Waals surface area contributed by atoms with Crippen LogP contribution in [0.3, 0.4) is 0 Å². The molecule has 266 valence electrons. The van der Waals surface area contributed by atoms with Gasteiger partial charge in [-0.05, 0) is 99.9 Å². The van der Waals surface area contributed by atoms with E-state index in [9.17, 15) is 16.4 Å². The highest BCUT2D eigenvalue weighted by Gasteiger charge is 2.19. The fraction of sp³-hybridized carbons (Fsp3) is 0. The van der Waals surface area contributed by atoms with Gasteiger partial charge in [0.05, 0.1) is 62.0 Å². The van der Waals surface area contributed by atoms with Crippen molar-refractivity contribution in [2.45, 2.75) is 0 Å². The van der Waals surface area contributed by atoms with Crippen LogP contribution >= 0.6 is 0 Å². The standard InChI is InChI=1S/C54H34N2O/c1-3-12-35(13-4-1)37-22-27-41(28-23-37)55-48-19-9-7-16-42(48)45-32-39(24-29-50(45)55)40-25-30-51-46(33-40)43-17-8-10-20-49(43)56(51)52-21-11-18-44-47-34-38(36-14-5-2-6-15-36)26-31-53(47)57-54(44)52/h1-34H/i2D,5D,6D,7D,8D,9D,10D,11D,14D,15D,16D,17D,18D,19D,20D,21D,24D,25D,26D,29D,30D,31D,32D,33D,34D. The van der Waals surface area contributed by atoms with Crippen molar-refractivity contribution in [2.24, 2.45) is 0 Å². The molecule has 0 saturated heterocycles. The van der Waals surface area contributed by atoms with Crippen molar-refractivity contribution >= 4 is 65.6 Å². The van der Waals surface area contributed by atoms with Gasteiger partial charge in [0.2, 0.25) is 0 Å². The van der Waals surface area contributed by atoms with Crippen LogP contribution in [0.15, 0.2) is 210 Å². The van der Waals surface area contributed by atoms with Crippen LogP contribution in [0.1, 0.15) is 34.3 Å². The van der Waals surface area contributed by atoms with Gasteiger partial charge in [-0.25, -0.2) is 0 Å². The molecule has 0 radical (unpaired) electrons. The Morgan fingerprint density at radius 3 is 1.61 bits per heavy atom. The number of benzene rings is 9. The van der Waals surface area contributed by atoms with Gasteiger partial charge in [0.1, 0.15) is 5.58 Å². The molecular weight excluding hydrogens is 693 g/mol. The molecule has 0 bridgehead atoms. The monoisotopic (exact) mass is 751 g/mol. The summed E-state index contributed by atoms with van der Waals surface area (Å²) in [5.41, 5.74) is -4.26. The predicted molar refractivity (Wildman–Crippen MR) is 239 cm³/mol. The molecule has 0 aliphatic heterocycles. The second-order valence-corrected chi connectivity index (χ2v) is 13.0. The summed E-state index contributed by atoms with van der Waals surface area (Å²) in [5, 5.41) is -2.64. The zero-order chi connectivity index (χ0) is 59.2. The lowest BCUT2D eigenvalue weighted by molar-refractivity contribution is 0.666. The Morgan fingerprint density at radius 1 is 0.351 bits per heavy atom. The van der Waals surface area contributed by atoms with Gasteiger partial charge < -0.3 is 13.6 Å². The van der Waals surface area contributed by atoms with Crippen molar-refractivity contribution in [3.63, 3.8) is 0 Å². The molecule has 9 aromatic carbocycles. The molecule has 3 aromatic heterocycles. The van der Waals surface area contributed by atoms with Crippen LogP contribution < -0.4 is 0 Å². The molecule has 3 heteroatoms. The Morgan fingerprint density at radius 2 is 0.895 bits per heavy atom. The summed E-state index contributed by atoms with van der Waals surface area (Å²) in [6.45, 7) is 0. The Bertz CT molecular complexity index is 4940. The molecule has 3 heterocycles. The van der Waals surface area contributed by atoms with Gasteiger partial charge in [-0.3, -0.25) is 0 Å². The minimum Gasteiger partial charge on any atom is -0.454 e. The van der Waals surface area contributed by atoms with Crippen LogP contribution in [0, 0.1) is 0 Å². The average molecular weight is 752 g/mol. The summed E-state index contributed by atoms with van der Waals surface area (Å²) < 4.78 is 236. The van der Waals surface area contributed by atoms with Crippen LogP contribution in [0.4, 0.5) is 0 Å². The smallest absolute Gasteiger partial charge is 0.159 e. The highest BCUT2D eigenvalue weighted by atomic mass is 16.3. The van der Waals surface area contributed by atoms with Gasteiger partial charge in [0.25, 0.3) is 0 Å². The van der Waals surface area contributed by atoms with E-state index in [0.29, 0.717) is 0 Å². The van der Waals surface area contributed by atoms with E-state index in [0.717, 1.165) is 15.7 Å². The van der Waals surface area contributed by atoms with Gasteiger partial charge in [-0.1, -0.05) is 139 Å². The molecule has 0 aliphatic rings. The summed E-state index contributed by atoms with van der Waals surface area (Å²) in [4.78, 5) is 0. The molecule has 0 aliphatic carbocycles. The lowest BCUT2D eigenvalue weighted by Gasteiger charge is -2.10. The van der Waals surface area contributed by atoms with Crippen LogP contribution in [-0.2, 0) is 0 Å². The molecule has 12 aromatic rings. The number of fused-ring (bicyclic) bond motifs is 9. The molecule has 0 saturated carbocycles. The first-order chi connectivity index (χ1) is 38.7. The van der Waals surface area contributed by atoms with E-state index in [1.807, 2.05) is 30.3 Å². The third-order valence-corrected chi connectivity index (χ3v) is 9.81. The van der Waals surface area contributed by atoms with E-state index in [1.54, 1.807) is 24.3 Å². The second-order valence-electron chi connectivity index (χ2n) is 13.0. The van der Waals surface area contributed by atoms with Crippen LogP contribution in [-0.4, -0.2) is 9.13 Å². The number of furan rings is 1. The van der Waals surface area contributed by atoms with Gasteiger partial charge in [0, 0.05) is 38.0 Å². The number of nitrogens with zero attached hydrogens (tertiary/aromatic N) is 2. The van der Waals surface area contributed by atoms with Crippen molar-refractivity contribution < 1.29 is 38.7 Å². The number of rotatable bonds is 5. The van der Waals surface area contributed by atoms with E-state index in [4.69, 9.17) is 22.2 Å². The summed E-state index contributed by atoms with van der Waals surface area (Å²) >= 11 is 0. The minimum atomic E-state index is -0.945. The van der Waals surface area contributed by atoms with Crippen molar-refractivity contribution in [2.75, 3.05) is 0 Å². The lowest BCUT2D eigenvalue weighted by Crippen LogP contribution is -1.94. The molecule has 0 amide bonds. The predicted octanol–water partition coefficient (Wildman–Crippen LogP) is 14.8. The van der Waals surface area contributed by atoms with Crippen molar-refractivity contribution in [1.82, 2.24) is 9.13 Å². The maximum absolute atomic E-state index is 10.0. The van der Waals surface area contributed by atoms with Gasteiger partial charge in [-0.15, -0.1) is 0 Å². The average Bonchev–Trinajstić information content (AvgIpc) is 1.99. The van der Waals surface area contributed by atoms with Crippen molar-refractivity contribution in [3.8, 4) is 44.8 Å². The Balaban J connectivity index is 1.21. The third-order valence-electron chi connectivity index (χ3n) is 9.81. The fourth-order valence-corrected chi connectivity index (χ4v) is 7.26. The number of hydrogen-bond acceptors (Lipinski definition) is 1. The van der Waals surface area contributed by atoms with Gasteiger partial charge >= 0.3 is 0 Å². The molecule has 0 atom stereocenters. The Kier molecular flexibility index (Phi) is 3.46. The zero-order valence-corrected chi connectivity index (χ0v) is 29.0. The Labute approximate surface area is 364 Å². The molecule has 3 nitrogen and oxygen atoms in total. The maximum Gasteiger partial charge on any atom is 0.159 e. The van der Waals surface area contributed by atoms with E-state index >= 15 is 0 Å². The van der Waals surface area contributed by atoms with E-state index in [2.05, 4.69) is 0 Å². The third kappa shape index (κ3) is 4.92. The van der Waals surface area contributed by atoms with E-state index in [1.165, 1.54) is 4.57 Å². The molecule has 0 unspecified atom stereocenters. The molecule has 57 heavy (non-hydrogen) atoms. The van der Waals surface area contributed by atoms with E-state index < -0.39 is 223 Å². The normalized spacial score (nSPS) is 18.0. The summed E-state index contributed by atoms with van der Waals surface area (Å²) in [7, 11) is 0. The van der Waals surface area contributed by atoms with Crippen LogP contribution in [0.25, 0.3) is 110 Å². The largest absolute Gasteiger partial charge is 0.454 e. The van der Waals surface area contributed by atoms with Gasteiger partial charge in [0.15, 0.2) is 5.58 Å². The maximum atomic E-state index is 10.0. The molecular formula is C54H34N2O. The minimum absolute atomic E-state index is 0.171. The topological polar surface area (TPSA) is 23.0 Å². The van der Waals surface area contributed by atoms with Crippen LogP contribution in [0.2, 0.25) is 0 Å². The van der Waals surface area contributed by atoms with Gasteiger partial charge in [-0.2, -0.15) is 0 Å². The first-order valence-electron chi connectivity index (χ1n) is 30.0. The van der Waals surface area contributed by atoms with E-state index in [-0.39, 0.29) is 27.5 Å². The number of aromatic nitrogens is 2. The number of hydrogen-bond donors (Lipinski definition) is 0. The first-order valence-corrected chi connectivity index (χ1v) is 17.5. The van der Waals surface area contributed by atoms with Crippen molar-refractivity contribution in [3.05, 3.63) is 206 Å². The summed E-state index contributed by atoms with van der Waals surface area (Å²) in [5.74, 6) is 0. The molecule has 0 spiro atoms. The summed E-state index contributed by atoms with van der Waals surface area (Å²) in [6, 6.07) is -4.09. The quantitative estimate of drug-likeness (QED) is 0.172. The summed E-state index contributed by atoms with van der Waals surface area (Å²) in [6.07, 6.45) is 0. The first kappa shape index (κ1) is 15.9. The highest BCUT2D eigenvalue weighted by molar-refractivity contribution is 6.15. The Hall–Kier alpha value is -7.62. The molecule has 0 N–H and O–H groups in total.